The molecule has 0 unspecified atom stereocenters. The van der Waals surface area contributed by atoms with Crippen molar-refractivity contribution >= 4 is 29.3 Å². The van der Waals surface area contributed by atoms with Crippen molar-refractivity contribution in [3.05, 3.63) is 65.3 Å². The molecule has 0 spiro atoms. The molecule has 1 heterocycles. The van der Waals surface area contributed by atoms with E-state index in [9.17, 15) is 14.0 Å². The van der Waals surface area contributed by atoms with Crippen LogP contribution in [0.3, 0.4) is 0 Å². The number of nitrogens with one attached hydrogen (secondary N) is 2. The smallest absolute Gasteiger partial charge is 0.320 e. The number of halogens is 1. The molecule has 174 valence electrons. The summed E-state index contributed by atoms with van der Waals surface area (Å²) in [5.41, 5.74) is 1.91. The number of aliphatic carboxylic acids is 1. The summed E-state index contributed by atoms with van der Waals surface area (Å²) in [6, 6.07) is 13.0. The van der Waals surface area contributed by atoms with Gasteiger partial charge >= 0.3 is 23.8 Å². The van der Waals surface area contributed by atoms with E-state index in [0.717, 1.165) is 37.3 Å². The molecule has 0 aliphatic heterocycles. The average Bonchev–Trinajstić information content (AvgIpc) is 3.30. The number of carbonyl (C=O) groups is 2. The summed E-state index contributed by atoms with van der Waals surface area (Å²) in [4.78, 5) is 23.3. The van der Waals surface area contributed by atoms with Gasteiger partial charge in [0, 0.05) is 12.1 Å². The van der Waals surface area contributed by atoms with Crippen molar-refractivity contribution in [1.29, 1.82) is 5.26 Å². The number of benzene rings is 2. The zero-order chi connectivity index (χ0) is 24.1. The molecule has 1 amide bonds. The Kier molecular flexibility index (Phi) is 6.82. The second-order valence-electron chi connectivity index (χ2n) is 8.24. The fourth-order valence-electron chi connectivity index (χ4n) is 4.14. The second-order valence-corrected chi connectivity index (χ2v) is 8.24. The summed E-state index contributed by atoms with van der Waals surface area (Å²) >= 11 is 0. The van der Waals surface area contributed by atoms with Gasteiger partial charge in [-0.2, -0.15) is 5.26 Å². The van der Waals surface area contributed by atoms with E-state index in [1.165, 1.54) is 12.1 Å². The van der Waals surface area contributed by atoms with Crippen molar-refractivity contribution in [3.63, 3.8) is 0 Å². The topological polar surface area (TPSA) is 141 Å². The van der Waals surface area contributed by atoms with Crippen LogP contribution < -0.4 is 10.6 Å². The molecular weight excluding hydrogens is 441 g/mol. The minimum atomic E-state index is -0.742. The standard InChI is InChI=1S/C24H22FN5O4/c25-19-11-15(13-26)3-10-20(19)28-24-30-29-23(34-24)22(33)27-18-8-6-17(7-9-18)16-4-1-14(2-5-16)12-21(31)32/h3,6-11,14,16H,1-2,4-5,12H2,(H,27,33)(H,28,30)(H,31,32)/t14-,16-. The van der Waals surface area contributed by atoms with E-state index in [0.29, 0.717) is 11.6 Å². The van der Waals surface area contributed by atoms with Gasteiger partial charge in [0.25, 0.3) is 0 Å². The molecule has 0 radical (unpaired) electrons. The molecule has 0 atom stereocenters. The van der Waals surface area contributed by atoms with Gasteiger partial charge in [-0.15, -0.1) is 5.10 Å². The van der Waals surface area contributed by atoms with Gasteiger partial charge in [0.1, 0.15) is 5.82 Å². The van der Waals surface area contributed by atoms with Crippen LogP contribution in [0.25, 0.3) is 0 Å². The number of hydrogen-bond acceptors (Lipinski definition) is 7. The molecule has 9 nitrogen and oxygen atoms in total. The van der Waals surface area contributed by atoms with Gasteiger partial charge < -0.3 is 20.2 Å². The lowest BCUT2D eigenvalue weighted by Gasteiger charge is -2.28. The van der Waals surface area contributed by atoms with Crippen molar-refractivity contribution < 1.29 is 23.5 Å². The first-order valence-electron chi connectivity index (χ1n) is 10.8. The number of anilines is 3. The molecule has 4 rings (SSSR count). The highest BCUT2D eigenvalue weighted by Gasteiger charge is 2.24. The fourth-order valence-corrected chi connectivity index (χ4v) is 4.14. The summed E-state index contributed by atoms with van der Waals surface area (Å²) in [5.74, 6) is -1.69. The molecule has 3 aromatic rings. The molecule has 1 saturated carbocycles. The zero-order valence-electron chi connectivity index (χ0n) is 18.1. The maximum absolute atomic E-state index is 14.0. The number of aromatic nitrogens is 2. The fraction of sp³-hybridized carbons (Fsp3) is 0.292. The van der Waals surface area contributed by atoms with Crippen LogP contribution in [-0.4, -0.2) is 27.2 Å². The van der Waals surface area contributed by atoms with E-state index in [2.05, 4.69) is 20.8 Å². The van der Waals surface area contributed by atoms with Gasteiger partial charge in [0.05, 0.1) is 17.3 Å². The first-order valence-corrected chi connectivity index (χ1v) is 10.8. The SMILES string of the molecule is N#Cc1ccc(Nc2nnc(C(=O)Nc3ccc([C@H]4CC[C@H](CC(=O)O)CC4)cc3)o2)c(F)c1. The Hall–Kier alpha value is -4.26. The maximum Gasteiger partial charge on any atom is 0.320 e. The first kappa shape index (κ1) is 22.9. The number of hydrogen-bond donors (Lipinski definition) is 3. The Morgan fingerprint density at radius 2 is 1.85 bits per heavy atom. The van der Waals surface area contributed by atoms with Crippen molar-refractivity contribution in [2.75, 3.05) is 10.6 Å². The molecule has 3 N–H and O–H groups in total. The number of nitrogens with zero attached hydrogens (tertiary/aromatic N) is 3. The molecule has 0 saturated heterocycles. The number of rotatable bonds is 7. The molecular formula is C24H22FN5O4. The number of carboxylic acids is 1. The second kappa shape index (κ2) is 10.1. The lowest BCUT2D eigenvalue weighted by Crippen LogP contribution is -2.16. The van der Waals surface area contributed by atoms with Crippen LogP contribution in [-0.2, 0) is 4.79 Å². The van der Waals surface area contributed by atoms with Gasteiger partial charge in [0.15, 0.2) is 0 Å². The largest absolute Gasteiger partial charge is 0.481 e. The van der Waals surface area contributed by atoms with Crippen molar-refractivity contribution in [2.24, 2.45) is 5.92 Å². The average molecular weight is 463 g/mol. The van der Waals surface area contributed by atoms with E-state index >= 15 is 0 Å². The lowest BCUT2D eigenvalue weighted by atomic mass is 9.77. The Morgan fingerprint density at radius 3 is 2.50 bits per heavy atom. The van der Waals surface area contributed by atoms with Gasteiger partial charge in [-0.1, -0.05) is 17.2 Å². The lowest BCUT2D eigenvalue weighted by molar-refractivity contribution is -0.138. The van der Waals surface area contributed by atoms with E-state index in [1.54, 1.807) is 12.1 Å². The summed E-state index contributed by atoms with van der Waals surface area (Å²) in [7, 11) is 0. The van der Waals surface area contributed by atoms with Crippen LogP contribution in [0.4, 0.5) is 21.8 Å². The number of nitriles is 1. The quantitative estimate of drug-likeness (QED) is 0.453. The molecule has 1 aliphatic carbocycles. The minimum Gasteiger partial charge on any atom is -0.481 e. The van der Waals surface area contributed by atoms with Crippen LogP contribution in [0.5, 0.6) is 0 Å². The first-order chi connectivity index (χ1) is 16.4. The molecule has 1 fully saturated rings. The van der Waals surface area contributed by atoms with Crippen molar-refractivity contribution in [1.82, 2.24) is 10.2 Å². The summed E-state index contributed by atoms with van der Waals surface area (Å²) < 4.78 is 19.3. The molecule has 1 aliphatic rings. The van der Waals surface area contributed by atoms with Crippen LogP contribution in [0.15, 0.2) is 46.9 Å². The zero-order valence-corrected chi connectivity index (χ0v) is 18.1. The predicted molar refractivity (Wildman–Crippen MR) is 120 cm³/mol. The maximum atomic E-state index is 14.0. The van der Waals surface area contributed by atoms with Gasteiger partial charge in [-0.25, -0.2) is 4.39 Å². The third kappa shape index (κ3) is 5.56. The van der Waals surface area contributed by atoms with E-state index in [4.69, 9.17) is 14.8 Å². The highest BCUT2D eigenvalue weighted by Crippen LogP contribution is 2.37. The number of carboxylic acid groups (broad SMARTS) is 1. The third-order valence-corrected chi connectivity index (χ3v) is 5.91. The Balaban J connectivity index is 1.33. The number of carbonyl (C=O) groups excluding carboxylic acids is 1. The van der Waals surface area contributed by atoms with Gasteiger partial charge in [-0.3, -0.25) is 9.59 Å². The number of amides is 1. The van der Waals surface area contributed by atoms with Crippen LogP contribution in [0.2, 0.25) is 0 Å². The van der Waals surface area contributed by atoms with Crippen molar-refractivity contribution in [2.45, 2.75) is 38.0 Å². The van der Waals surface area contributed by atoms with Crippen molar-refractivity contribution in [3.8, 4) is 6.07 Å². The summed E-state index contributed by atoms with van der Waals surface area (Å²) in [6.07, 6.45) is 3.92. The molecule has 2 aromatic carbocycles. The molecule has 1 aromatic heterocycles. The van der Waals surface area contributed by atoms with Crippen LogP contribution in [0, 0.1) is 23.1 Å². The van der Waals surface area contributed by atoms with Crippen LogP contribution >= 0.6 is 0 Å². The molecule has 0 bridgehead atoms. The van der Waals surface area contributed by atoms with E-state index < -0.39 is 17.7 Å². The van der Waals surface area contributed by atoms with E-state index in [-0.39, 0.29) is 35.5 Å². The Morgan fingerprint density at radius 1 is 1.12 bits per heavy atom. The Bertz CT molecular complexity index is 1230. The third-order valence-electron chi connectivity index (χ3n) is 5.91. The molecule has 10 heteroatoms. The van der Waals surface area contributed by atoms with E-state index in [1.807, 2.05) is 18.2 Å². The normalized spacial score (nSPS) is 17.5. The monoisotopic (exact) mass is 463 g/mol. The Labute approximate surface area is 194 Å². The van der Waals surface area contributed by atoms with Gasteiger partial charge in [-0.05, 0) is 73.4 Å². The predicted octanol–water partition coefficient (Wildman–Crippen LogP) is 4.82. The van der Waals surface area contributed by atoms with Gasteiger partial charge in [0.2, 0.25) is 0 Å². The molecule has 34 heavy (non-hydrogen) atoms. The minimum absolute atomic E-state index is 0.0298. The highest BCUT2D eigenvalue weighted by atomic mass is 19.1. The van der Waals surface area contributed by atoms with Crippen LogP contribution in [0.1, 0.15) is 59.8 Å². The highest BCUT2D eigenvalue weighted by molar-refractivity contribution is 6.00. The summed E-state index contributed by atoms with van der Waals surface area (Å²) in [5, 5.41) is 30.4. The summed E-state index contributed by atoms with van der Waals surface area (Å²) in [6.45, 7) is 0.